The van der Waals surface area contributed by atoms with Crippen LogP contribution in [0.1, 0.15) is 13.3 Å². The SMILES string of the molecule is CC(=O)CN1CCC(N2CCOCC2)C1. The molecule has 0 bridgehead atoms. The first-order valence-electron chi connectivity index (χ1n) is 5.79. The maximum atomic E-state index is 11.0. The van der Waals surface area contributed by atoms with Gasteiger partial charge < -0.3 is 4.74 Å². The summed E-state index contributed by atoms with van der Waals surface area (Å²) in [6, 6.07) is 0.647. The number of hydrogen-bond donors (Lipinski definition) is 0. The predicted molar refractivity (Wildman–Crippen MR) is 57.9 cm³/mol. The van der Waals surface area contributed by atoms with Crippen LogP contribution in [0.3, 0.4) is 0 Å². The van der Waals surface area contributed by atoms with Gasteiger partial charge in [-0.1, -0.05) is 0 Å². The van der Waals surface area contributed by atoms with Crippen molar-refractivity contribution in [2.24, 2.45) is 0 Å². The van der Waals surface area contributed by atoms with Gasteiger partial charge >= 0.3 is 0 Å². The Morgan fingerprint density at radius 3 is 2.73 bits per heavy atom. The first kappa shape index (κ1) is 11.0. The molecule has 0 saturated carbocycles. The fourth-order valence-corrected chi connectivity index (χ4v) is 2.51. The third kappa shape index (κ3) is 3.00. The average Bonchev–Trinajstić information content (AvgIpc) is 2.67. The molecule has 0 amide bonds. The van der Waals surface area contributed by atoms with Crippen LogP contribution in [-0.4, -0.2) is 67.6 Å². The van der Waals surface area contributed by atoms with E-state index in [-0.39, 0.29) is 5.78 Å². The molecule has 0 radical (unpaired) electrons. The number of carbonyl (C=O) groups excluding carboxylic acids is 1. The molecule has 86 valence electrons. The summed E-state index contributed by atoms with van der Waals surface area (Å²) in [5.74, 6) is 0.276. The van der Waals surface area contributed by atoms with Crippen molar-refractivity contribution in [1.82, 2.24) is 9.80 Å². The van der Waals surface area contributed by atoms with Gasteiger partial charge in [-0.15, -0.1) is 0 Å². The molecule has 2 aliphatic rings. The maximum Gasteiger partial charge on any atom is 0.143 e. The summed E-state index contributed by atoms with van der Waals surface area (Å²) in [4.78, 5) is 15.8. The average molecular weight is 212 g/mol. The largest absolute Gasteiger partial charge is 0.379 e. The van der Waals surface area contributed by atoms with Gasteiger partial charge in [0.25, 0.3) is 0 Å². The summed E-state index contributed by atoms with van der Waals surface area (Å²) in [6.07, 6.45) is 1.20. The van der Waals surface area contributed by atoms with E-state index in [1.54, 1.807) is 6.92 Å². The standard InChI is InChI=1S/C11H20N2O2/c1-10(14)8-12-3-2-11(9-12)13-4-6-15-7-5-13/h11H,2-9H2,1H3. The monoisotopic (exact) mass is 212 g/mol. The van der Waals surface area contributed by atoms with Crippen LogP contribution in [0.15, 0.2) is 0 Å². The number of ether oxygens (including phenoxy) is 1. The molecule has 0 aromatic rings. The number of morpholine rings is 1. The molecule has 2 heterocycles. The van der Waals surface area contributed by atoms with Crippen LogP contribution < -0.4 is 0 Å². The van der Waals surface area contributed by atoms with E-state index >= 15 is 0 Å². The summed E-state index contributed by atoms with van der Waals surface area (Å²) >= 11 is 0. The Morgan fingerprint density at radius 2 is 2.07 bits per heavy atom. The van der Waals surface area contributed by atoms with Crippen LogP contribution in [0.25, 0.3) is 0 Å². The van der Waals surface area contributed by atoms with Crippen molar-refractivity contribution < 1.29 is 9.53 Å². The van der Waals surface area contributed by atoms with Crippen molar-refractivity contribution in [3.63, 3.8) is 0 Å². The quantitative estimate of drug-likeness (QED) is 0.658. The molecule has 0 aromatic heterocycles. The summed E-state index contributed by atoms with van der Waals surface area (Å²) in [6.45, 7) is 8.26. The van der Waals surface area contributed by atoms with Crippen LogP contribution in [-0.2, 0) is 9.53 Å². The lowest BCUT2D eigenvalue weighted by atomic mass is 10.2. The van der Waals surface area contributed by atoms with Crippen molar-refractivity contribution in [1.29, 1.82) is 0 Å². The summed E-state index contributed by atoms with van der Waals surface area (Å²) < 4.78 is 5.34. The van der Waals surface area contributed by atoms with Crippen molar-refractivity contribution in [2.75, 3.05) is 45.9 Å². The van der Waals surface area contributed by atoms with E-state index in [4.69, 9.17) is 4.74 Å². The number of nitrogens with zero attached hydrogens (tertiary/aromatic N) is 2. The lowest BCUT2D eigenvalue weighted by molar-refractivity contribution is -0.117. The molecular weight excluding hydrogens is 192 g/mol. The molecule has 4 heteroatoms. The van der Waals surface area contributed by atoms with Gasteiger partial charge in [0.15, 0.2) is 0 Å². The zero-order valence-corrected chi connectivity index (χ0v) is 9.45. The Hall–Kier alpha value is -0.450. The van der Waals surface area contributed by atoms with Gasteiger partial charge in [0.1, 0.15) is 5.78 Å². The lowest BCUT2D eigenvalue weighted by Crippen LogP contribution is -2.45. The Balaban J connectivity index is 1.78. The van der Waals surface area contributed by atoms with Gasteiger partial charge in [-0.2, -0.15) is 0 Å². The third-order valence-corrected chi connectivity index (χ3v) is 3.26. The number of likely N-dealkylation sites (tertiary alicyclic amines) is 1. The molecule has 2 saturated heterocycles. The van der Waals surface area contributed by atoms with E-state index in [1.165, 1.54) is 6.42 Å². The molecule has 2 rings (SSSR count). The van der Waals surface area contributed by atoms with Gasteiger partial charge in [-0.25, -0.2) is 0 Å². The van der Waals surface area contributed by atoms with Crippen molar-refractivity contribution >= 4 is 5.78 Å². The minimum atomic E-state index is 0.276. The molecule has 0 N–H and O–H groups in total. The fourth-order valence-electron chi connectivity index (χ4n) is 2.51. The summed E-state index contributed by atoms with van der Waals surface area (Å²) in [5.41, 5.74) is 0. The zero-order chi connectivity index (χ0) is 10.7. The molecule has 4 nitrogen and oxygen atoms in total. The normalized spacial score (nSPS) is 29.5. The zero-order valence-electron chi connectivity index (χ0n) is 9.45. The first-order valence-corrected chi connectivity index (χ1v) is 5.79. The minimum absolute atomic E-state index is 0.276. The lowest BCUT2D eigenvalue weighted by Gasteiger charge is -2.32. The molecule has 1 unspecified atom stereocenters. The second kappa shape index (κ2) is 5.05. The Morgan fingerprint density at radius 1 is 1.33 bits per heavy atom. The molecule has 1 atom stereocenters. The van der Waals surface area contributed by atoms with E-state index in [0.29, 0.717) is 12.6 Å². The van der Waals surface area contributed by atoms with E-state index < -0.39 is 0 Å². The first-order chi connectivity index (χ1) is 7.25. The highest BCUT2D eigenvalue weighted by Crippen LogP contribution is 2.16. The summed E-state index contributed by atoms with van der Waals surface area (Å²) in [7, 11) is 0. The third-order valence-electron chi connectivity index (χ3n) is 3.26. The highest BCUT2D eigenvalue weighted by atomic mass is 16.5. The second-order valence-electron chi connectivity index (χ2n) is 4.53. The fraction of sp³-hybridized carbons (Fsp3) is 0.909. The highest BCUT2D eigenvalue weighted by molar-refractivity contribution is 5.77. The predicted octanol–water partition coefficient (Wildman–Crippen LogP) is -0.0181. The molecule has 2 fully saturated rings. The molecule has 0 aromatic carbocycles. The van der Waals surface area contributed by atoms with Crippen LogP contribution in [0.2, 0.25) is 0 Å². The number of carbonyl (C=O) groups is 1. The molecule has 15 heavy (non-hydrogen) atoms. The van der Waals surface area contributed by atoms with Crippen molar-refractivity contribution in [2.45, 2.75) is 19.4 Å². The minimum Gasteiger partial charge on any atom is -0.379 e. The molecule has 2 aliphatic heterocycles. The van der Waals surface area contributed by atoms with Crippen LogP contribution >= 0.6 is 0 Å². The molecule has 0 aliphatic carbocycles. The van der Waals surface area contributed by atoms with Gasteiger partial charge in [0, 0.05) is 32.2 Å². The smallest absolute Gasteiger partial charge is 0.143 e. The van der Waals surface area contributed by atoms with E-state index in [9.17, 15) is 4.79 Å². The number of rotatable bonds is 3. The van der Waals surface area contributed by atoms with Crippen LogP contribution in [0, 0.1) is 0 Å². The Kier molecular flexibility index (Phi) is 3.72. The maximum absolute atomic E-state index is 11.0. The van der Waals surface area contributed by atoms with E-state index in [1.807, 2.05) is 0 Å². The number of ketones is 1. The van der Waals surface area contributed by atoms with Gasteiger partial charge in [0.2, 0.25) is 0 Å². The van der Waals surface area contributed by atoms with Crippen molar-refractivity contribution in [3.05, 3.63) is 0 Å². The van der Waals surface area contributed by atoms with Crippen LogP contribution in [0.5, 0.6) is 0 Å². The molecule has 0 spiro atoms. The second-order valence-corrected chi connectivity index (χ2v) is 4.53. The van der Waals surface area contributed by atoms with Crippen LogP contribution in [0.4, 0.5) is 0 Å². The summed E-state index contributed by atoms with van der Waals surface area (Å²) in [5, 5.41) is 0. The highest BCUT2D eigenvalue weighted by Gasteiger charge is 2.28. The topological polar surface area (TPSA) is 32.8 Å². The van der Waals surface area contributed by atoms with E-state index in [2.05, 4.69) is 9.80 Å². The van der Waals surface area contributed by atoms with Gasteiger partial charge in [-0.3, -0.25) is 14.6 Å². The van der Waals surface area contributed by atoms with Gasteiger partial charge in [0.05, 0.1) is 19.8 Å². The van der Waals surface area contributed by atoms with Crippen molar-refractivity contribution in [3.8, 4) is 0 Å². The Bertz CT molecular complexity index is 227. The molecular formula is C11H20N2O2. The van der Waals surface area contributed by atoms with Gasteiger partial charge in [-0.05, 0) is 13.3 Å². The number of Topliss-reactive ketones (excluding diaryl/α,β-unsaturated/α-hetero) is 1. The van der Waals surface area contributed by atoms with E-state index in [0.717, 1.165) is 39.4 Å². The number of hydrogen-bond acceptors (Lipinski definition) is 4. The Labute approximate surface area is 91.2 Å².